The Balaban J connectivity index is 2.65. The van der Waals surface area contributed by atoms with Crippen molar-refractivity contribution in [2.75, 3.05) is 0 Å². The molecule has 2 bridgehead atoms. The molecule has 25 heavy (non-hydrogen) atoms. The first-order chi connectivity index (χ1) is 11.6. The Hall–Kier alpha value is -2.60. The van der Waals surface area contributed by atoms with Gasteiger partial charge in [0.2, 0.25) is 0 Å². The van der Waals surface area contributed by atoms with E-state index in [-0.39, 0.29) is 5.54 Å². The summed E-state index contributed by atoms with van der Waals surface area (Å²) in [7, 11) is -1.98. The molecule has 0 saturated heterocycles. The first-order valence-corrected chi connectivity index (χ1v) is 11.9. The van der Waals surface area contributed by atoms with Crippen LogP contribution in [0, 0.1) is 56.2 Å². The molecule has 0 aromatic heterocycles. The lowest BCUT2D eigenvalue weighted by atomic mass is 9.49. The Bertz CT molecular complexity index is 847. The van der Waals surface area contributed by atoms with Crippen molar-refractivity contribution < 1.29 is 0 Å². The summed E-state index contributed by atoms with van der Waals surface area (Å²) in [4.78, 5) is 0. The molecule has 4 nitrogen and oxygen atoms in total. The predicted octanol–water partition coefficient (Wildman–Crippen LogP) is 4.00. The Kier molecular flexibility index (Phi) is 3.11. The number of benzene rings is 1. The van der Waals surface area contributed by atoms with Crippen LogP contribution in [0.15, 0.2) is 24.3 Å². The molecule has 3 rings (SSSR count). The van der Waals surface area contributed by atoms with Gasteiger partial charge in [-0.05, 0) is 16.7 Å². The van der Waals surface area contributed by atoms with E-state index in [1.807, 2.05) is 38.1 Å². The van der Waals surface area contributed by atoms with E-state index in [9.17, 15) is 21.0 Å². The zero-order valence-electron chi connectivity index (χ0n) is 15.2. The van der Waals surface area contributed by atoms with Crippen molar-refractivity contribution >= 4 is 8.07 Å². The molecule has 2 atom stereocenters. The van der Waals surface area contributed by atoms with Crippen molar-refractivity contribution in [3.63, 3.8) is 0 Å². The second-order valence-corrected chi connectivity index (χ2v) is 14.0. The third-order valence-corrected chi connectivity index (χ3v) is 9.74. The fraction of sp³-hybridized carbons (Fsp3) is 0.500. The normalized spacial score (nSPS) is 33.4. The zero-order valence-corrected chi connectivity index (χ0v) is 16.2. The van der Waals surface area contributed by atoms with Crippen molar-refractivity contribution in [2.24, 2.45) is 10.8 Å². The highest BCUT2D eigenvalue weighted by molar-refractivity contribution is 6.78. The molecule has 1 saturated carbocycles. The van der Waals surface area contributed by atoms with Crippen LogP contribution in [0.3, 0.4) is 0 Å². The Morgan fingerprint density at radius 1 is 0.760 bits per heavy atom. The number of rotatable bonds is 1. The second-order valence-electron chi connectivity index (χ2n) is 8.70. The Morgan fingerprint density at radius 2 is 1.08 bits per heavy atom. The van der Waals surface area contributed by atoms with Crippen LogP contribution < -0.4 is 0 Å². The largest absolute Gasteiger partial charge is 0.196 e. The molecule has 0 spiro atoms. The molecule has 2 aliphatic carbocycles. The first kappa shape index (κ1) is 17.2. The minimum Gasteiger partial charge on any atom is -0.196 e. The fourth-order valence-electron chi connectivity index (χ4n) is 6.48. The van der Waals surface area contributed by atoms with Crippen LogP contribution in [0.25, 0.3) is 0 Å². The van der Waals surface area contributed by atoms with E-state index in [4.69, 9.17) is 0 Å². The lowest BCUT2D eigenvalue weighted by Crippen LogP contribution is -2.53. The van der Waals surface area contributed by atoms with Gasteiger partial charge in [-0.1, -0.05) is 57.8 Å². The van der Waals surface area contributed by atoms with Crippen molar-refractivity contribution in [3.8, 4) is 24.3 Å². The average molecular weight is 344 g/mol. The van der Waals surface area contributed by atoms with Gasteiger partial charge in [-0.3, -0.25) is 0 Å². The molecule has 5 heteroatoms. The third kappa shape index (κ3) is 1.34. The molecule has 0 heterocycles. The maximum absolute atomic E-state index is 10.2. The van der Waals surface area contributed by atoms with E-state index in [1.54, 1.807) is 0 Å². The third-order valence-electron chi connectivity index (χ3n) is 6.86. The molecule has 1 aromatic rings. The van der Waals surface area contributed by atoms with Crippen molar-refractivity contribution in [1.82, 2.24) is 0 Å². The van der Waals surface area contributed by atoms with Crippen molar-refractivity contribution in [2.45, 2.75) is 49.9 Å². The Morgan fingerprint density at radius 3 is 1.32 bits per heavy atom. The van der Waals surface area contributed by atoms with Crippen LogP contribution in [0.4, 0.5) is 0 Å². The van der Waals surface area contributed by atoms with E-state index >= 15 is 0 Å². The van der Waals surface area contributed by atoms with Crippen LogP contribution in [0.2, 0.25) is 25.2 Å². The number of hydrogen-bond acceptors (Lipinski definition) is 4. The van der Waals surface area contributed by atoms with Gasteiger partial charge in [0.15, 0.2) is 10.8 Å². The first-order valence-electron chi connectivity index (χ1n) is 8.34. The number of nitriles is 4. The summed E-state index contributed by atoms with van der Waals surface area (Å²) in [5.74, 6) is 0. The molecule has 124 valence electrons. The van der Waals surface area contributed by atoms with E-state index in [1.165, 1.54) is 0 Å². The molecule has 0 N–H and O–H groups in total. The smallest absolute Gasteiger partial charge is 0.185 e. The highest BCUT2D eigenvalue weighted by Gasteiger charge is 2.87. The van der Waals surface area contributed by atoms with Crippen LogP contribution >= 0.6 is 0 Å². The van der Waals surface area contributed by atoms with Crippen LogP contribution in [0.5, 0.6) is 0 Å². The van der Waals surface area contributed by atoms with E-state index < -0.39 is 29.7 Å². The lowest BCUT2D eigenvalue weighted by Gasteiger charge is -2.44. The SMILES string of the molecule is CC12c3ccccc3C(C)(C1[Si](C)(C)C)C(C#N)(C#N)C2(C#N)C#N. The minimum atomic E-state index is -1.98. The Labute approximate surface area is 149 Å². The minimum absolute atomic E-state index is 0.0662. The molecule has 2 unspecified atom stereocenters. The standard InChI is InChI=1S/C20H20N4Si/c1-17-14-8-6-7-9-15(14)18(2,16(17)25(3,4)5)20(12-23,13-24)19(17,10-21)11-22/h6-9,16H,1-5H3. The quantitative estimate of drug-likeness (QED) is 0.719. The van der Waals surface area contributed by atoms with Gasteiger partial charge in [-0.25, -0.2) is 0 Å². The second kappa shape index (κ2) is 4.52. The van der Waals surface area contributed by atoms with Gasteiger partial charge in [-0.2, -0.15) is 21.0 Å². The van der Waals surface area contributed by atoms with Gasteiger partial charge in [0.1, 0.15) is 0 Å². The number of nitrogens with zero attached hydrogens (tertiary/aromatic N) is 4. The molecular weight excluding hydrogens is 324 g/mol. The lowest BCUT2D eigenvalue weighted by molar-refractivity contribution is 0.196. The number of hydrogen-bond donors (Lipinski definition) is 0. The van der Waals surface area contributed by atoms with Crippen LogP contribution in [0.1, 0.15) is 25.0 Å². The van der Waals surface area contributed by atoms with Crippen LogP contribution in [-0.4, -0.2) is 8.07 Å². The van der Waals surface area contributed by atoms with Gasteiger partial charge >= 0.3 is 0 Å². The molecular formula is C20H20N4Si. The van der Waals surface area contributed by atoms with E-state index in [0.717, 1.165) is 11.1 Å². The maximum atomic E-state index is 10.2. The summed E-state index contributed by atoms with van der Waals surface area (Å²) >= 11 is 0. The predicted molar refractivity (Wildman–Crippen MR) is 95.6 cm³/mol. The summed E-state index contributed by atoms with van der Waals surface area (Å²) in [5.41, 5.74) is -3.25. The van der Waals surface area contributed by atoms with Gasteiger partial charge in [-0.15, -0.1) is 0 Å². The molecule has 0 radical (unpaired) electrons. The molecule has 1 fully saturated rings. The summed E-state index contributed by atoms with van der Waals surface area (Å²) < 4.78 is 0. The van der Waals surface area contributed by atoms with E-state index in [2.05, 4.69) is 43.9 Å². The fourth-order valence-corrected chi connectivity index (χ4v) is 10.7. The highest BCUT2D eigenvalue weighted by atomic mass is 28.3. The van der Waals surface area contributed by atoms with Gasteiger partial charge in [0.05, 0.1) is 24.3 Å². The van der Waals surface area contributed by atoms with Crippen LogP contribution in [-0.2, 0) is 10.8 Å². The van der Waals surface area contributed by atoms with Gasteiger partial charge in [0, 0.05) is 18.9 Å². The van der Waals surface area contributed by atoms with E-state index in [0.29, 0.717) is 0 Å². The van der Waals surface area contributed by atoms with Gasteiger partial charge < -0.3 is 0 Å². The molecule has 0 amide bonds. The van der Waals surface area contributed by atoms with Gasteiger partial charge in [0.25, 0.3) is 0 Å². The monoisotopic (exact) mass is 344 g/mol. The molecule has 2 aliphatic rings. The summed E-state index contributed by atoms with van der Waals surface area (Å²) in [6.45, 7) is 10.5. The molecule has 1 aromatic carbocycles. The summed E-state index contributed by atoms with van der Waals surface area (Å²) in [6.07, 6.45) is 0. The highest BCUT2D eigenvalue weighted by Crippen LogP contribution is 2.82. The summed E-state index contributed by atoms with van der Waals surface area (Å²) in [6, 6.07) is 16.5. The summed E-state index contributed by atoms with van der Waals surface area (Å²) in [5, 5.41) is 40.7. The zero-order chi connectivity index (χ0) is 18.9. The number of fused-ring (bicyclic) bond motifs is 5. The topological polar surface area (TPSA) is 95.2 Å². The van der Waals surface area contributed by atoms with Crippen molar-refractivity contribution in [1.29, 1.82) is 21.0 Å². The average Bonchev–Trinajstić information content (AvgIpc) is 2.88. The van der Waals surface area contributed by atoms with Crippen molar-refractivity contribution in [3.05, 3.63) is 35.4 Å². The maximum Gasteiger partial charge on any atom is 0.185 e. The molecule has 0 aliphatic heterocycles.